The van der Waals surface area contributed by atoms with Gasteiger partial charge in [-0.1, -0.05) is 25.1 Å². The van der Waals surface area contributed by atoms with Gasteiger partial charge in [0.25, 0.3) is 5.91 Å². The first-order valence-electron chi connectivity index (χ1n) is 10.3. The van der Waals surface area contributed by atoms with E-state index < -0.39 is 17.6 Å². The van der Waals surface area contributed by atoms with E-state index in [4.69, 9.17) is 0 Å². The van der Waals surface area contributed by atoms with Gasteiger partial charge >= 0.3 is 6.18 Å². The van der Waals surface area contributed by atoms with Gasteiger partial charge in [-0.05, 0) is 73.1 Å². The molecule has 2 aromatic rings. The Bertz CT molecular complexity index is 1000. The van der Waals surface area contributed by atoms with Gasteiger partial charge in [-0.15, -0.1) is 0 Å². The molecule has 1 aliphatic carbocycles. The van der Waals surface area contributed by atoms with Crippen LogP contribution in [0.5, 0.6) is 0 Å². The zero-order valence-electron chi connectivity index (χ0n) is 17.2. The molecule has 3 rings (SSSR count). The number of hydrogen-bond acceptors (Lipinski definition) is 3. The average molecular weight is 427 g/mol. The number of rotatable bonds is 6. The maximum atomic E-state index is 12.7. The van der Waals surface area contributed by atoms with E-state index in [1.54, 1.807) is 0 Å². The molecule has 2 N–H and O–H groups in total. The molecule has 0 bridgehead atoms. The molecule has 7 heteroatoms. The quantitative estimate of drug-likeness (QED) is 0.461. The summed E-state index contributed by atoms with van der Waals surface area (Å²) in [6.07, 6.45) is 1.92. The van der Waals surface area contributed by atoms with E-state index >= 15 is 0 Å². The average Bonchev–Trinajstić information content (AvgIpc) is 2.77. The number of halogens is 3. The van der Waals surface area contributed by atoms with Gasteiger partial charge in [-0.3, -0.25) is 4.79 Å². The van der Waals surface area contributed by atoms with Crippen molar-refractivity contribution in [2.45, 2.75) is 51.2 Å². The molecular weight excluding hydrogens is 403 g/mol. The number of fused-ring (bicyclic) bond motifs is 1. The summed E-state index contributed by atoms with van der Waals surface area (Å²) in [6, 6.07) is 12.2. The van der Waals surface area contributed by atoms with Crippen molar-refractivity contribution in [1.82, 2.24) is 5.32 Å². The maximum Gasteiger partial charge on any atom is 0.416 e. The fourth-order valence-electron chi connectivity index (χ4n) is 3.69. The minimum absolute atomic E-state index is 0.156. The van der Waals surface area contributed by atoms with Crippen LogP contribution in [0.2, 0.25) is 0 Å². The van der Waals surface area contributed by atoms with Gasteiger partial charge in [0.05, 0.1) is 11.6 Å². The maximum absolute atomic E-state index is 12.7. The third-order valence-electron chi connectivity index (χ3n) is 5.45. The molecule has 1 unspecified atom stereocenters. The van der Waals surface area contributed by atoms with E-state index in [1.807, 2.05) is 19.1 Å². The Morgan fingerprint density at radius 3 is 2.42 bits per heavy atom. The number of nitriles is 1. The molecule has 0 saturated carbocycles. The van der Waals surface area contributed by atoms with Gasteiger partial charge in [0.2, 0.25) is 0 Å². The molecule has 1 aliphatic rings. The van der Waals surface area contributed by atoms with Crippen LogP contribution < -0.4 is 10.6 Å². The lowest BCUT2D eigenvalue weighted by atomic mass is 9.88. The number of hydrogen-bond donors (Lipinski definition) is 2. The molecule has 0 heterocycles. The molecule has 1 amide bonds. The molecule has 2 aromatic carbocycles. The summed E-state index contributed by atoms with van der Waals surface area (Å²) in [5, 5.41) is 15.0. The van der Waals surface area contributed by atoms with Gasteiger partial charge < -0.3 is 10.6 Å². The van der Waals surface area contributed by atoms with Crippen LogP contribution in [0.25, 0.3) is 0 Å². The molecule has 31 heavy (non-hydrogen) atoms. The molecule has 0 spiro atoms. The van der Waals surface area contributed by atoms with Crippen LogP contribution in [0, 0.1) is 11.3 Å². The van der Waals surface area contributed by atoms with Crippen LogP contribution in [-0.4, -0.2) is 5.91 Å². The van der Waals surface area contributed by atoms with Gasteiger partial charge in [0.1, 0.15) is 11.6 Å². The lowest BCUT2D eigenvalue weighted by Crippen LogP contribution is -2.29. The lowest BCUT2D eigenvalue weighted by Gasteiger charge is -2.21. The molecule has 0 fully saturated rings. The summed E-state index contributed by atoms with van der Waals surface area (Å²) in [4.78, 5) is 12.6. The van der Waals surface area contributed by atoms with E-state index in [0.29, 0.717) is 12.1 Å². The number of carbonyl (C=O) groups is 1. The third kappa shape index (κ3) is 5.66. The Labute approximate surface area is 179 Å². The predicted octanol–water partition coefficient (Wildman–Crippen LogP) is 5.67. The first-order valence-corrected chi connectivity index (χ1v) is 10.3. The smallest absolute Gasteiger partial charge is 0.360 e. The van der Waals surface area contributed by atoms with E-state index in [9.17, 15) is 23.2 Å². The van der Waals surface area contributed by atoms with E-state index in [1.165, 1.54) is 35.9 Å². The lowest BCUT2D eigenvalue weighted by molar-refractivity contribution is -0.137. The topological polar surface area (TPSA) is 64.9 Å². The summed E-state index contributed by atoms with van der Waals surface area (Å²) in [5.41, 5.74) is 3.10. The van der Waals surface area contributed by atoms with E-state index in [-0.39, 0.29) is 11.6 Å². The Morgan fingerprint density at radius 1 is 1.13 bits per heavy atom. The number of nitrogens with zero attached hydrogens (tertiary/aromatic N) is 1. The van der Waals surface area contributed by atoms with Crippen LogP contribution in [0.1, 0.15) is 54.5 Å². The fraction of sp³-hybridized carbons (Fsp3) is 0.333. The Balaban J connectivity index is 1.68. The highest BCUT2D eigenvalue weighted by molar-refractivity contribution is 5.97. The van der Waals surface area contributed by atoms with Gasteiger partial charge in [-0.25, -0.2) is 0 Å². The van der Waals surface area contributed by atoms with Crippen LogP contribution in [0.4, 0.5) is 18.9 Å². The van der Waals surface area contributed by atoms with Crippen LogP contribution in [0.15, 0.2) is 54.2 Å². The molecule has 0 aliphatic heterocycles. The molecular formula is C24H24F3N3O. The Hall–Kier alpha value is -3.27. The minimum Gasteiger partial charge on any atom is -0.360 e. The van der Waals surface area contributed by atoms with Crippen molar-refractivity contribution >= 4 is 11.6 Å². The van der Waals surface area contributed by atoms with Crippen molar-refractivity contribution in [3.8, 4) is 6.07 Å². The highest BCUT2D eigenvalue weighted by Crippen LogP contribution is 2.30. The predicted molar refractivity (Wildman–Crippen MR) is 113 cm³/mol. The highest BCUT2D eigenvalue weighted by atomic mass is 19.4. The number of alkyl halides is 3. The first kappa shape index (κ1) is 22.4. The summed E-state index contributed by atoms with van der Waals surface area (Å²) in [5.74, 6) is -0.536. The molecule has 1 atom stereocenters. The highest BCUT2D eigenvalue weighted by Gasteiger charge is 2.29. The Morgan fingerprint density at radius 2 is 1.81 bits per heavy atom. The van der Waals surface area contributed by atoms with E-state index in [0.717, 1.165) is 37.0 Å². The fourth-order valence-corrected chi connectivity index (χ4v) is 3.69. The summed E-state index contributed by atoms with van der Waals surface area (Å²) < 4.78 is 38.0. The molecule has 0 saturated heterocycles. The second kappa shape index (κ2) is 9.69. The largest absolute Gasteiger partial charge is 0.416 e. The zero-order valence-corrected chi connectivity index (χ0v) is 17.2. The van der Waals surface area contributed by atoms with Crippen molar-refractivity contribution in [2.75, 3.05) is 5.32 Å². The standard InChI is InChI=1S/C24H24F3N3O/c1-2-22(18-8-7-16-5-3-4-6-17(16)13-18)30-23(31)19(14-28)15-29-21-11-9-20(10-12-21)24(25,26)27/h7-13,15,22,29H,2-6H2,1H3,(H,30,31)/b19-15-. The summed E-state index contributed by atoms with van der Waals surface area (Å²) in [7, 11) is 0. The number of carbonyl (C=O) groups excluding carboxylic acids is 1. The number of aryl methyl sites for hydroxylation is 2. The zero-order chi connectivity index (χ0) is 22.4. The van der Waals surface area contributed by atoms with Crippen molar-refractivity contribution in [1.29, 1.82) is 5.26 Å². The van der Waals surface area contributed by atoms with Crippen molar-refractivity contribution < 1.29 is 18.0 Å². The normalized spacial score (nSPS) is 14.9. The molecule has 4 nitrogen and oxygen atoms in total. The second-order valence-corrected chi connectivity index (χ2v) is 7.56. The van der Waals surface area contributed by atoms with Crippen molar-refractivity contribution in [3.05, 3.63) is 76.5 Å². The monoisotopic (exact) mass is 427 g/mol. The Kier molecular flexibility index (Phi) is 7.01. The summed E-state index contributed by atoms with van der Waals surface area (Å²) in [6.45, 7) is 1.96. The van der Waals surface area contributed by atoms with Gasteiger partial charge in [0.15, 0.2) is 0 Å². The third-order valence-corrected chi connectivity index (χ3v) is 5.45. The number of nitrogens with one attached hydrogen (secondary N) is 2. The molecule has 0 aromatic heterocycles. The molecule has 162 valence electrons. The van der Waals surface area contributed by atoms with E-state index in [2.05, 4.69) is 22.8 Å². The van der Waals surface area contributed by atoms with Gasteiger partial charge in [0, 0.05) is 11.9 Å². The van der Waals surface area contributed by atoms with Crippen LogP contribution >= 0.6 is 0 Å². The second-order valence-electron chi connectivity index (χ2n) is 7.56. The SMILES string of the molecule is CCC(NC(=O)/C(C#N)=C\Nc1ccc(C(F)(F)F)cc1)c1ccc2c(c1)CCCC2. The number of anilines is 1. The summed E-state index contributed by atoms with van der Waals surface area (Å²) >= 11 is 0. The first-order chi connectivity index (χ1) is 14.8. The van der Waals surface area contributed by atoms with Gasteiger partial charge in [-0.2, -0.15) is 18.4 Å². The minimum atomic E-state index is -4.42. The van der Waals surface area contributed by atoms with Crippen molar-refractivity contribution in [3.63, 3.8) is 0 Å². The number of amides is 1. The van der Waals surface area contributed by atoms with Crippen LogP contribution in [-0.2, 0) is 23.8 Å². The number of benzene rings is 2. The van der Waals surface area contributed by atoms with Crippen molar-refractivity contribution in [2.24, 2.45) is 0 Å². The van der Waals surface area contributed by atoms with Crippen LogP contribution in [0.3, 0.4) is 0 Å². The molecule has 0 radical (unpaired) electrons.